The zero-order chi connectivity index (χ0) is 22.9. The summed E-state index contributed by atoms with van der Waals surface area (Å²) in [6.45, 7) is 5.21. The highest BCUT2D eigenvalue weighted by Crippen LogP contribution is 2.25. The van der Waals surface area contributed by atoms with Gasteiger partial charge in [0.05, 0.1) is 16.8 Å². The van der Waals surface area contributed by atoms with Crippen LogP contribution in [0.5, 0.6) is 0 Å². The summed E-state index contributed by atoms with van der Waals surface area (Å²) in [7, 11) is 0. The summed E-state index contributed by atoms with van der Waals surface area (Å²) >= 11 is 6.14. The van der Waals surface area contributed by atoms with Crippen LogP contribution in [-0.2, 0) is 6.54 Å². The quantitative estimate of drug-likeness (QED) is 0.464. The molecular formula is C25H24ClN5O2. The first-order valence-corrected chi connectivity index (χ1v) is 11.4. The lowest BCUT2D eigenvalue weighted by Crippen LogP contribution is -2.49. The Balaban J connectivity index is 1.45. The second-order valence-electron chi connectivity index (χ2n) is 8.08. The Bertz CT molecular complexity index is 1320. The zero-order valence-electron chi connectivity index (χ0n) is 18.3. The summed E-state index contributed by atoms with van der Waals surface area (Å²) in [6.07, 6.45) is 3.58. The number of carbonyl (C=O) groups excluding carboxylic acids is 1. The summed E-state index contributed by atoms with van der Waals surface area (Å²) in [5, 5.41) is 5.26. The van der Waals surface area contributed by atoms with Gasteiger partial charge in [-0.2, -0.15) is 9.78 Å². The van der Waals surface area contributed by atoms with E-state index in [1.165, 1.54) is 4.68 Å². The average Bonchev–Trinajstić information content (AvgIpc) is 3.20. The van der Waals surface area contributed by atoms with Crippen LogP contribution in [0.15, 0.2) is 71.8 Å². The zero-order valence-corrected chi connectivity index (χ0v) is 19.1. The normalized spacial score (nSPS) is 14.1. The summed E-state index contributed by atoms with van der Waals surface area (Å²) < 4.78 is 3.24. The van der Waals surface area contributed by atoms with Crippen molar-refractivity contribution in [3.8, 4) is 16.9 Å². The van der Waals surface area contributed by atoms with Crippen LogP contribution in [0.3, 0.4) is 0 Å². The molecule has 3 heterocycles. The Morgan fingerprint density at radius 2 is 1.70 bits per heavy atom. The van der Waals surface area contributed by atoms with Crippen LogP contribution < -0.4 is 10.5 Å². The van der Waals surface area contributed by atoms with Crippen LogP contribution >= 0.6 is 11.6 Å². The number of fused-ring (bicyclic) bond motifs is 1. The minimum atomic E-state index is -0.223. The molecule has 0 aromatic heterocycles. The lowest BCUT2D eigenvalue weighted by molar-refractivity contribution is 0.0746. The molecule has 0 unspecified atom stereocenters. The number of para-hydroxylation sites is 1. The monoisotopic (exact) mass is 461 g/mol. The van der Waals surface area contributed by atoms with E-state index in [-0.39, 0.29) is 11.5 Å². The summed E-state index contributed by atoms with van der Waals surface area (Å²) in [4.78, 5) is 30.7. The van der Waals surface area contributed by atoms with Crippen molar-refractivity contribution in [2.75, 3.05) is 31.1 Å². The number of hydrogen-bond acceptors (Lipinski definition) is 4. The molecule has 1 fully saturated rings. The molecule has 0 spiro atoms. The van der Waals surface area contributed by atoms with Gasteiger partial charge in [-0.3, -0.25) is 9.59 Å². The van der Waals surface area contributed by atoms with E-state index in [2.05, 4.69) is 10.00 Å². The Labute approximate surface area is 196 Å². The largest absolute Gasteiger partial charge is 0.368 e. The van der Waals surface area contributed by atoms with Crippen LogP contribution in [0.2, 0.25) is 5.02 Å². The Kier molecular flexibility index (Phi) is 5.64. The molecule has 0 N–H and O–H groups in total. The Morgan fingerprint density at radius 1 is 0.970 bits per heavy atom. The van der Waals surface area contributed by atoms with Crippen molar-refractivity contribution in [1.82, 2.24) is 19.2 Å². The predicted molar refractivity (Wildman–Crippen MR) is 130 cm³/mol. The Morgan fingerprint density at radius 3 is 2.39 bits per heavy atom. The highest BCUT2D eigenvalue weighted by molar-refractivity contribution is 6.30. The van der Waals surface area contributed by atoms with Crippen LogP contribution in [0, 0.1) is 0 Å². The highest BCUT2D eigenvalue weighted by Gasteiger charge is 2.29. The van der Waals surface area contributed by atoms with E-state index in [0.29, 0.717) is 60.3 Å². The maximum Gasteiger partial charge on any atom is 0.282 e. The van der Waals surface area contributed by atoms with Gasteiger partial charge in [0.1, 0.15) is 5.69 Å². The molecule has 2 aromatic carbocycles. The number of pyridine rings is 1. The van der Waals surface area contributed by atoms with Crippen LogP contribution in [-0.4, -0.2) is 51.3 Å². The topological polar surface area (TPSA) is 63.4 Å². The number of carbonyl (C=O) groups is 1. The molecule has 7 nitrogen and oxygen atoms in total. The molecule has 5 rings (SSSR count). The fourth-order valence-electron chi connectivity index (χ4n) is 4.25. The van der Waals surface area contributed by atoms with Gasteiger partial charge in [0, 0.05) is 55.8 Å². The van der Waals surface area contributed by atoms with Crippen molar-refractivity contribution in [2.45, 2.75) is 13.5 Å². The van der Waals surface area contributed by atoms with Crippen molar-refractivity contribution in [2.24, 2.45) is 0 Å². The van der Waals surface area contributed by atoms with Gasteiger partial charge >= 0.3 is 0 Å². The molecule has 0 saturated carbocycles. The number of benzene rings is 2. The Hall–Kier alpha value is -3.58. The first-order chi connectivity index (χ1) is 16.0. The van der Waals surface area contributed by atoms with E-state index < -0.39 is 0 Å². The predicted octanol–water partition coefficient (Wildman–Crippen LogP) is 3.77. The van der Waals surface area contributed by atoms with Crippen molar-refractivity contribution >= 4 is 23.2 Å². The third kappa shape index (κ3) is 4.00. The van der Waals surface area contributed by atoms with Crippen LogP contribution in [0.1, 0.15) is 17.3 Å². The lowest BCUT2D eigenvalue weighted by Gasteiger charge is -2.36. The number of piperazine rings is 1. The SMILES string of the molecule is CCn1cc(C(=O)N2CCN(c3cccc(Cl)c3)CC2)c2nn(-c3ccccc3)c(=O)c-2c1. The molecule has 0 radical (unpaired) electrons. The fraction of sp³-hybridized carbons (Fsp3) is 0.240. The van der Waals surface area contributed by atoms with Crippen molar-refractivity contribution in [3.05, 3.63) is 87.9 Å². The van der Waals surface area contributed by atoms with Gasteiger partial charge in [-0.25, -0.2) is 0 Å². The van der Waals surface area contributed by atoms with Gasteiger partial charge in [-0.05, 0) is 37.3 Å². The molecule has 1 amide bonds. The van der Waals surface area contributed by atoms with Crippen LogP contribution in [0.4, 0.5) is 5.69 Å². The van der Waals surface area contributed by atoms with Crippen LogP contribution in [0.25, 0.3) is 16.9 Å². The molecule has 8 heteroatoms. The van der Waals surface area contributed by atoms with Crippen molar-refractivity contribution in [3.63, 3.8) is 0 Å². The molecule has 168 valence electrons. The second-order valence-corrected chi connectivity index (χ2v) is 8.51. The summed E-state index contributed by atoms with van der Waals surface area (Å²) in [5.74, 6) is -0.105. The molecule has 2 aromatic rings. The maximum atomic E-state index is 13.6. The van der Waals surface area contributed by atoms with E-state index in [1.54, 1.807) is 12.4 Å². The number of aromatic nitrogens is 3. The van der Waals surface area contributed by atoms with E-state index >= 15 is 0 Å². The van der Waals surface area contributed by atoms with Crippen molar-refractivity contribution in [1.29, 1.82) is 0 Å². The molecule has 0 bridgehead atoms. The number of nitrogens with zero attached hydrogens (tertiary/aromatic N) is 5. The minimum absolute atomic E-state index is 0.105. The number of hydrogen-bond donors (Lipinski definition) is 0. The standard InChI is InChI=1S/C25H24ClN5O2/c1-2-28-16-21(23-22(17-28)25(33)31(27-23)19-8-4-3-5-9-19)24(32)30-13-11-29(12-14-30)20-10-6-7-18(26)15-20/h3-10,15-17H,2,11-14H2,1H3. The molecule has 3 aliphatic heterocycles. The second kappa shape index (κ2) is 8.75. The number of amides is 1. The molecule has 1 saturated heterocycles. The molecule has 33 heavy (non-hydrogen) atoms. The van der Waals surface area contributed by atoms with E-state index in [9.17, 15) is 9.59 Å². The minimum Gasteiger partial charge on any atom is -0.368 e. The molecule has 0 aliphatic carbocycles. The fourth-order valence-corrected chi connectivity index (χ4v) is 4.44. The average molecular weight is 462 g/mol. The van der Waals surface area contributed by atoms with E-state index in [4.69, 9.17) is 11.6 Å². The van der Waals surface area contributed by atoms with E-state index in [0.717, 1.165) is 5.69 Å². The van der Waals surface area contributed by atoms with Gasteiger partial charge in [-0.1, -0.05) is 35.9 Å². The number of halogens is 1. The first kappa shape index (κ1) is 21.3. The van der Waals surface area contributed by atoms with E-state index in [1.807, 2.05) is 71.0 Å². The highest BCUT2D eigenvalue weighted by atomic mass is 35.5. The molecule has 0 atom stereocenters. The lowest BCUT2D eigenvalue weighted by atomic mass is 10.1. The summed E-state index contributed by atoms with van der Waals surface area (Å²) in [6, 6.07) is 17.0. The summed E-state index contributed by atoms with van der Waals surface area (Å²) in [5.41, 5.74) is 2.85. The number of rotatable bonds is 4. The maximum absolute atomic E-state index is 13.6. The molecular weight excluding hydrogens is 438 g/mol. The smallest absolute Gasteiger partial charge is 0.282 e. The first-order valence-electron chi connectivity index (χ1n) is 11.0. The van der Waals surface area contributed by atoms with Gasteiger partial charge in [0.2, 0.25) is 0 Å². The van der Waals surface area contributed by atoms with Gasteiger partial charge < -0.3 is 14.4 Å². The number of anilines is 1. The van der Waals surface area contributed by atoms with Crippen molar-refractivity contribution < 1.29 is 4.79 Å². The van der Waals surface area contributed by atoms with Gasteiger partial charge in [0.25, 0.3) is 11.5 Å². The van der Waals surface area contributed by atoms with Gasteiger partial charge in [-0.15, -0.1) is 0 Å². The third-order valence-corrected chi connectivity index (χ3v) is 6.29. The number of aryl methyl sites for hydroxylation is 1. The third-order valence-electron chi connectivity index (χ3n) is 6.06. The van der Waals surface area contributed by atoms with Gasteiger partial charge in [0.15, 0.2) is 0 Å². The molecule has 3 aliphatic rings.